The van der Waals surface area contributed by atoms with Crippen molar-refractivity contribution in [2.24, 2.45) is 0 Å². The van der Waals surface area contributed by atoms with Gasteiger partial charge in [-0.2, -0.15) is 0 Å². The first-order valence-electron chi connectivity index (χ1n) is 6.13. The molecule has 0 unspecified atom stereocenters. The van der Waals surface area contributed by atoms with Gasteiger partial charge >= 0.3 is 5.97 Å². The number of rotatable bonds is 4. The predicted octanol–water partition coefficient (Wildman–Crippen LogP) is 4.37. The third-order valence-electron chi connectivity index (χ3n) is 2.72. The lowest BCUT2D eigenvalue weighted by Gasteiger charge is -2.00. The maximum atomic E-state index is 12.9. The summed E-state index contributed by atoms with van der Waals surface area (Å²) in [5.41, 5.74) is 1.53. The van der Waals surface area contributed by atoms with Gasteiger partial charge in [-0.3, -0.25) is 0 Å². The Morgan fingerprint density at radius 2 is 2.00 bits per heavy atom. The van der Waals surface area contributed by atoms with Gasteiger partial charge in [-0.1, -0.05) is 6.07 Å². The second kappa shape index (κ2) is 6.15. The first-order valence-corrected chi connectivity index (χ1v) is 7.89. The standard InChI is InChI=1S/C15H10FNO2S2/c16-11-5-3-10(4-6-11)14-17-12(9-21-14)8-19-15(18)13-2-1-7-20-13/h1-7,9H,8H2. The number of carbonyl (C=O) groups is 1. The number of thiophene rings is 1. The van der Waals surface area contributed by atoms with Crippen molar-refractivity contribution in [3.05, 3.63) is 63.5 Å². The van der Waals surface area contributed by atoms with Crippen LogP contribution in [-0.4, -0.2) is 11.0 Å². The smallest absolute Gasteiger partial charge is 0.348 e. The minimum atomic E-state index is -0.346. The van der Waals surface area contributed by atoms with Crippen LogP contribution in [0, 0.1) is 5.82 Å². The fourth-order valence-electron chi connectivity index (χ4n) is 1.70. The summed E-state index contributed by atoms with van der Waals surface area (Å²) in [5, 5.41) is 4.43. The van der Waals surface area contributed by atoms with Gasteiger partial charge in [-0.15, -0.1) is 22.7 Å². The predicted molar refractivity (Wildman–Crippen MR) is 80.9 cm³/mol. The van der Waals surface area contributed by atoms with Gasteiger partial charge in [-0.05, 0) is 35.7 Å². The van der Waals surface area contributed by atoms with E-state index in [4.69, 9.17) is 4.74 Å². The van der Waals surface area contributed by atoms with E-state index in [9.17, 15) is 9.18 Å². The monoisotopic (exact) mass is 319 g/mol. The zero-order valence-electron chi connectivity index (χ0n) is 10.8. The molecule has 0 spiro atoms. The van der Waals surface area contributed by atoms with Crippen molar-refractivity contribution in [1.82, 2.24) is 4.98 Å². The van der Waals surface area contributed by atoms with Crippen LogP contribution < -0.4 is 0 Å². The third-order valence-corrected chi connectivity index (χ3v) is 4.51. The molecule has 21 heavy (non-hydrogen) atoms. The minimum absolute atomic E-state index is 0.133. The van der Waals surface area contributed by atoms with Gasteiger partial charge in [0.2, 0.25) is 0 Å². The molecule has 3 rings (SSSR count). The van der Waals surface area contributed by atoms with Gasteiger partial charge in [0.1, 0.15) is 22.3 Å². The number of hydrogen-bond donors (Lipinski definition) is 0. The van der Waals surface area contributed by atoms with E-state index < -0.39 is 0 Å². The SMILES string of the molecule is O=C(OCc1csc(-c2ccc(F)cc2)n1)c1cccs1. The van der Waals surface area contributed by atoms with Crippen LogP contribution in [0.1, 0.15) is 15.4 Å². The van der Waals surface area contributed by atoms with Gasteiger partial charge in [0.25, 0.3) is 0 Å². The molecule has 0 saturated heterocycles. The summed E-state index contributed by atoms with van der Waals surface area (Å²) in [6.07, 6.45) is 0. The Labute approximate surface area is 128 Å². The highest BCUT2D eigenvalue weighted by Gasteiger charge is 2.10. The van der Waals surface area contributed by atoms with Gasteiger partial charge in [0.05, 0.1) is 5.69 Å². The fraction of sp³-hybridized carbons (Fsp3) is 0.0667. The Bertz CT molecular complexity index is 735. The zero-order valence-corrected chi connectivity index (χ0v) is 12.4. The molecule has 106 valence electrons. The molecule has 3 aromatic rings. The molecular weight excluding hydrogens is 309 g/mol. The number of halogens is 1. The van der Waals surface area contributed by atoms with E-state index in [0.29, 0.717) is 10.6 Å². The molecule has 0 radical (unpaired) electrons. The van der Waals surface area contributed by atoms with Crippen LogP contribution in [0.15, 0.2) is 47.2 Å². The van der Waals surface area contributed by atoms with Crippen molar-refractivity contribution in [3.8, 4) is 10.6 Å². The number of carbonyl (C=O) groups excluding carboxylic acids is 1. The summed E-state index contributed by atoms with van der Waals surface area (Å²) >= 11 is 2.78. The van der Waals surface area contributed by atoms with Gasteiger partial charge < -0.3 is 4.74 Å². The summed E-state index contributed by atoms with van der Waals surface area (Å²) in [6.45, 7) is 0.133. The number of hydrogen-bond acceptors (Lipinski definition) is 5. The van der Waals surface area contributed by atoms with Crippen molar-refractivity contribution in [2.75, 3.05) is 0 Å². The molecule has 0 aliphatic heterocycles. The lowest BCUT2D eigenvalue weighted by molar-refractivity contribution is 0.0474. The molecule has 0 bridgehead atoms. The van der Waals surface area contributed by atoms with Crippen LogP contribution in [0.3, 0.4) is 0 Å². The molecule has 0 amide bonds. The van der Waals surface area contributed by atoms with E-state index in [1.807, 2.05) is 10.8 Å². The van der Waals surface area contributed by atoms with Crippen LogP contribution >= 0.6 is 22.7 Å². The number of thiazole rings is 1. The number of aromatic nitrogens is 1. The Balaban J connectivity index is 1.65. The Hall–Kier alpha value is -2.05. The van der Waals surface area contributed by atoms with E-state index in [-0.39, 0.29) is 18.4 Å². The summed E-state index contributed by atoms with van der Waals surface area (Å²) in [7, 11) is 0. The lowest BCUT2D eigenvalue weighted by atomic mass is 10.2. The van der Waals surface area contributed by atoms with Crippen LogP contribution in [0.4, 0.5) is 4.39 Å². The normalized spacial score (nSPS) is 10.5. The fourth-order valence-corrected chi connectivity index (χ4v) is 3.13. The molecule has 2 aromatic heterocycles. The molecular formula is C15H10FNO2S2. The van der Waals surface area contributed by atoms with Gasteiger partial charge in [0.15, 0.2) is 0 Å². The highest BCUT2D eigenvalue weighted by atomic mass is 32.1. The van der Waals surface area contributed by atoms with Crippen LogP contribution in [0.2, 0.25) is 0 Å². The molecule has 0 aliphatic rings. The highest BCUT2D eigenvalue weighted by Crippen LogP contribution is 2.24. The molecule has 0 saturated carbocycles. The molecule has 1 aromatic carbocycles. The lowest BCUT2D eigenvalue weighted by Crippen LogP contribution is -2.03. The first kappa shape index (κ1) is 13.9. The second-order valence-corrected chi connectivity index (χ2v) is 6.01. The van der Waals surface area contributed by atoms with Crippen molar-refractivity contribution in [3.63, 3.8) is 0 Å². The minimum Gasteiger partial charge on any atom is -0.455 e. The highest BCUT2D eigenvalue weighted by molar-refractivity contribution is 7.13. The van der Waals surface area contributed by atoms with Crippen LogP contribution in [0.5, 0.6) is 0 Å². The largest absolute Gasteiger partial charge is 0.455 e. The van der Waals surface area contributed by atoms with Gasteiger partial charge in [-0.25, -0.2) is 14.2 Å². The third kappa shape index (κ3) is 3.34. The number of nitrogens with zero attached hydrogens (tertiary/aromatic N) is 1. The van der Waals surface area contributed by atoms with Crippen molar-refractivity contribution in [2.45, 2.75) is 6.61 Å². The molecule has 2 heterocycles. The Kier molecular flexibility index (Phi) is 4.08. The number of esters is 1. The Morgan fingerprint density at radius 3 is 2.71 bits per heavy atom. The average molecular weight is 319 g/mol. The van der Waals surface area contributed by atoms with Gasteiger partial charge in [0, 0.05) is 10.9 Å². The summed E-state index contributed by atoms with van der Waals surface area (Å²) in [6, 6.07) is 9.67. The molecule has 0 N–H and O–H groups in total. The summed E-state index contributed by atoms with van der Waals surface area (Å²) in [4.78, 5) is 16.7. The summed E-state index contributed by atoms with van der Waals surface area (Å²) in [5.74, 6) is -0.623. The molecule has 0 atom stereocenters. The zero-order chi connectivity index (χ0) is 14.7. The topological polar surface area (TPSA) is 39.2 Å². The van der Waals surface area contributed by atoms with E-state index in [1.54, 1.807) is 24.3 Å². The number of benzene rings is 1. The molecule has 3 nitrogen and oxygen atoms in total. The molecule has 0 aliphatic carbocycles. The second-order valence-electron chi connectivity index (χ2n) is 4.20. The van der Waals surface area contributed by atoms with E-state index in [2.05, 4.69) is 4.98 Å². The molecule has 6 heteroatoms. The first-order chi connectivity index (χ1) is 10.2. The van der Waals surface area contributed by atoms with E-state index in [0.717, 1.165) is 10.6 Å². The van der Waals surface area contributed by atoms with Crippen molar-refractivity contribution in [1.29, 1.82) is 0 Å². The van der Waals surface area contributed by atoms with Crippen LogP contribution in [-0.2, 0) is 11.3 Å². The Morgan fingerprint density at radius 1 is 1.19 bits per heavy atom. The van der Waals surface area contributed by atoms with Crippen molar-refractivity contribution >= 4 is 28.6 Å². The summed E-state index contributed by atoms with van der Waals surface area (Å²) < 4.78 is 18.1. The molecule has 0 fully saturated rings. The maximum Gasteiger partial charge on any atom is 0.348 e. The van der Waals surface area contributed by atoms with E-state index in [1.165, 1.54) is 34.8 Å². The quantitative estimate of drug-likeness (QED) is 0.670. The van der Waals surface area contributed by atoms with Crippen molar-refractivity contribution < 1.29 is 13.9 Å². The average Bonchev–Trinajstić information content (AvgIpc) is 3.17. The number of ether oxygens (including phenoxy) is 1. The van der Waals surface area contributed by atoms with Crippen LogP contribution in [0.25, 0.3) is 10.6 Å². The van der Waals surface area contributed by atoms with E-state index >= 15 is 0 Å². The maximum absolute atomic E-state index is 12.9.